The first kappa shape index (κ1) is 12.6. The van der Waals surface area contributed by atoms with Crippen molar-refractivity contribution < 1.29 is 0 Å². The van der Waals surface area contributed by atoms with Crippen molar-refractivity contribution in [3.63, 3.8) is 0 Å². The molecule has 0 amide bonds. The fourth-order valence-electron chi connectivity index (χ4n) is 2.12. The van der Waals surface area contributed by atoms with Gasteiger partial charge in [0.1, 0.15) is 17.6 Å². The van der Waals surface area contributed by atoms with Crippen molar-refractivity contribution in [1.29, 1.82) is 5.26 Å². The predicted octanol–water partition coefficient (Wildman–Crippen LogP) is 0.395. The van der Waals surface area contributed by atoms with E-state index in [0.29, 0.717) is 11.7 Å². The highest BCUT2D eigenvalue weighted by Gasteiger charge is 2.16. The minimum atomic E-state index is -0.486. The van der Waals surface area contributed by atoms with Gasteiger partial charge in [0.05, 0.1) is 0 Å². The lowest BCUT2D eigenvalue weighted by Gasteiger charge is -2.29. The minimum Gasteiger partial charge on any atom is -0.370 e. The third-order valence-electron chi connectivity index (χ3n) is 3.28. The molecule has 6 nitrogen and oxygen atoms in total. The SMILES string of the molecule is CN1CCC(CNc2cc(C#N)[nH]c(=O)n2)CC1. The first-order chi connectivity index (χ1) is 8.67. The van der Waals surface area contributed by atoms with Crippen LogP contribution in [0.25, 0.3) is 0 Å². The molecule has 1 aliphatic heterocycles. The van der Waals surface area contributed by atoms with Crippen LogP contribution in [0.1, 0.15) is 18.5 Å². The summed E-state index contributed by atoms with van der Waals surface area (Å²) in [6, 6.07) is 3.48. The van der Waals surface area contributed by atoms with Gasteiger partial charge in [0, 0.05) is 12.6 Å². The zero-order valence-corrected chi connectivity index (χ0v) is 10.4. The van der Waals surface area contributed by atoms with E-state index in [9.17, 15) is 4.79 Å². The summed E-state index contributed by atoms with van der Waals surface area (Å²) in [7, 11) is 2.13. The summed E-state index contributed by atoms with van der Waals surface area (Å²) in [5.74, 6) is 1.09. The Hall–Kier alpha value is -1.87. The third-order valence-corrected chi connectivity index (χ3v) is 3.28. The van der Waals surface area contributed by atoms with Gasteiger partial charge in [-0.25, -0.2) is 4.79 Å². The largest absolute Gasteiger partial charge is 0.370 e. The van der Waals surface area contributed by atoms with E-state index < -0.39 is 5.69 Å². The molecule has 96 valence electrons. The van der Waals surface area contributed by atoms with Crippen molar-refractivity contribution in [3.8, 4) is 6.07 Å². The molecule has 0 radical (unpaired) electrons. The maximum absolute atomic E-state index is 11.2. The van der Waals surface area contributed by atoms with E-state index in [-0.39, 0.29) is 5.69 Å². The van der Waals surface area contributed by atoms with Crippen LogP contribution in [0, 0.1) is 17.2 Å². The van der Waals surface area contributed by atoms with E-state index in [1.807, 2.05) is 6.07 Å². The highest BCUT2D eigenvalue weighted by Crippen LogP contribution is 2.16. The Bertz CT molecular complexity index is 496. The van der Waals surface area contributed by atoms with Gasteiger partial charge in [0.15, 0.2) is 0 Å². The number of nitrogens with zero attached hydrogens (tertiary/aromatic N) is 3. The number of piperidine rings is 1. The van der Waals surface area contributed by atoms with E-state index >= 15 is 0 Å². The van der Waals surface area contributed by atoms with Crippen LogP contribution in [0.2, 0.25) is 0 Å². The van der Waals surface area contributed by atoms with Gasteiger partial charge in [-0.3, -0.25) is 4.98 Å². The second-order valence-electron chi connectivity index (χ2n) is 4.72. The zero-order chi connectivity index (χ0) is 13.0. The smallest absolute Gasteiger partial charge is 0.347 e. The first-order valence-corrected chi connectivity index (χ1v) is 6.11. The summed E-state index contributed by atoms with van der Waals surface area (Å²) in [6.07, 6.45) is 2.30. The first-order valence-electron chi connectivity index (χ1n) is 6.11. The van der Waals surface area contributed by atoms with Gasteiger partial charge < -0.3 is 10.2 Å². The molecular formula is C12H17N5O. The molecule has 1 aliphatic rings. The van der Waals surface area contributed by atoms with Crippen molar-refractivity contribution in [2.24, 2.45) is 5.92 Å². The number of hydrogen-bond acceptors (Lipinski definition) is 5. The lowest BCUT2D eigenvalue weighted by molar-refractivity contribution is 0.226. The van der Waals surface area contributed by atoms with E-state index in [1.165, 1.54) is 0 Å². The molecule has 0 aromatic carbocycles. The molecule has 18 heavy (non-hydrogen) atoms. The van der Waals surface area contributed by atoms with Gasteiger partial charge in [0.2, 0.25) is 0 Å². The molecule has 6 heteroatoms. The molecule has 2 N–H and O–H groups in total. The number of nitriles is 1. The van der Waals surface area contributed by atoms with Crippen molar-refractivity contribution in [1.82, 2.24) is 14.9 Å². The molecule has 2 heterocycles. The monoisotopic (exact) mass is 247 g/mol. The van der Waals surface area contributed by atoms with Crippen molar-refractivity contribution in [2.75, 3.05) is 32.0 Å². The number of rotatable bonds is 3. The number of anilines is 1. The normalized spacial score (nSPS) is 17.3. The number of likely N-dealkylation sites (tertiary alicyclic amines) is 1. The Balaban J connectivity index is 1.92. The Morgan fingerprint density at radius 2 is 2.33 bits per heavy atom. The van der Waals surface area contributed by atoms with Crippen LogP contribution in [-0.2, 0) is 0 Å². The summed E-state index contributed by atoms with van der Waals surface area (Å²) >= 11 is 0. The van der Waals surface area contributed by atoms with Gasteiger partial charge in [-0.15, -0.1) is 0 Å². The highest BCUT2D eigenvalue weighted by molar-refractivity contribution is 5.38. The lowest BCUT2D eigenvalue weighted by atomic mass is 9.97. The molecule has 0 bridgehead atoms. The van der Waals surface area contributed by atoms with Gasteiger partial charge >= 0.3 is 5.69 Å². The summed E-state index contributed by atoms with van der Waals surface area (Å²) < 4.78 is 0. The Labute approximate surface area is 106 Å². The molecular weight excluding hydrogens is 230 g/mol. The van der Waals surface area contributed by atoms with Crippen LogP contribution in [0.15, 0.2) is 10.9 Å². The Morgan fingerprint density at radius 1 is 1.61 bits per heavy atom. The molecule has 1 fully saturated rings. The van der Waals surface area contributed by atoms with Gasteiger partial charge in [-0.05, 0) is 38.9 Å². The summed E-state index contributed by atoms with van der Waals surface area (Å²) in [4.78, 5) is 19.7. The zero-order valence-electron chi connectivity index (χ0n) is 10.4. The quantitative estimate of drug-likeness (QED) is 0.807. The number of H-pyrrole nitrogens is 1. The van der Waals surface area contributed by atoms with Crippen molar-refractivity contribution in [2.45, 2.75) is 12.8 Å². The van der Waals surface area contributed by atoms with E-state index in [1.54, 1.807) is 6.07 Å². The molecule has 2 rings (SSSR count). The van der Waals surface area contributed by atoms with E-state index in [2.05, 4.69) is 27.2 Å². The average Bonchev–Trinajstić information content (AvgIpc) is 2.37. The summed E-state index contributed by atoms with van der Waals surface area (Å²) in [6.45, 7) is 3.02. The maximum atomic E-state index is 11.2. The molecule has 1 aromatic rings. The van der Waals surface area contributed by atoms with Crippen LogP contribution in [0.5, 0.6) is 0 Å². The van der Waals surface area contributed by atoms with Crippen molar-refractivity contribution >= 4 is 5.82 Å². The van der Waals surface area contributed by atoms with Crippen LogP contribution in [0.4, 0.5) is 5.82 Å². The second-order valence-corrected chi connectivity index (χ2v) is 4.72. The van der Waals surface area contributed by atoms with Gasteiger partial charge in [-0.2, -0.15) is 10.2 Å². The fraction of sp³-hybridized carbons (Fsp3) is 0.583. The number of hydrogen-bond donors (Lipinski definition) is 2. The molecule has 1 aromatic heterocycles. The minimum absolute atomic E-state index is 0.237. The average molecular weight is 247 g/mol. The number of aromatic amines is 1. The van der Waals surface area contributed by atoms with Crippen LogP contribution in [-0.4, -0.2) is 41.5 Å². The maximum Gasteiger partial charge on any atom is 0.347 e. The fourth-order valence-corrected chi connectivity index (χ4v) is 2.12. The van der Waals surface area contributed by atoms with Crippen LogP contribution >= 0.6 is 0 Å². The number of aromatic nitrogens is 2. The standard InChI is InChI=1S/C12H17N5O/c1-17-4-2-9(3-5-17)8-14-11-6-10(7-13)15-12(18)16-11/h6,9H,2-5,8H2,1H3,(H2,14,15,16,18). The van der Waals surface area contributed by atoms with Gasteiger partial charge in [0.25, 0.3) is 0 Å². The molecule has 0 spiro atoms. The van der Waals surface area contributed by atoms with Gasteiger partial charge in [-0.1, -0.05) is 0 Å². The second kappa shape index (κ2) is 5.65. The Kier molecular flexibility index (Phi) is 3.95. The molecule has 0 atom stereocenters. The lowest BCUT2D eigenvalue weighted by Crippen LogP contribution is -2.33. The van der Waals surface area contributed by atoms with E-state index in [4.69, 9.17) is 5.26 Å². The molecule has 0 saturated carbocycles. The summed E-state index contributed by atoms with van der Waals surface area (Å²) in [5.41, 5.74) is -0.249. The topological polar surface area (TPSA) is 84.8 Å². The van der Waals surface area contributed by atoms with Crippen LogP contribution in [0.3, 0.4) is 0 Å². The van der Waals surface area contributed by atoms with Crippen molar-refractivity contribution in [3.05, 3.63) is 22.2 Å². The number of nitrogens with one attached hydrogen (secondary N) is 2. The molecule has 1 saturated heterocycles. The predicted molar refractivity (Wildman–Crippen MR) is 68.3 cm³/mol. The summed E-state index contributed by atoms with van der Waals surface area (Å²) in [5, 5.41) is 11.9. The van der Waals surface area contributed by atoms with E-state index in [0.717, 1.165) is 32.5 Å². The third kappa shape index (κ3) is 3.31. The molecule has 0 unspecified atom stereocenters. The highest BCUT2D eigenvalue weighted by atomic mass is 16.1. The Morgan fingerprint density at radius 3 is 3.00 bits per heavy atom. The van der Waals surface area contributed by atoms with Crippen LogP contribution < -0.4 is 11.0 Å². The molecule has 0 aliphatic carbocycles.